The fraction of sp³-hybridized carbons (Fsp3) is 0.375. The third-order valence-electron chi connectivity index (χ3n) is 3.61. The molecule has 4 nitrogen and oxygen atoms in total. The van der Waals surface area contributed by atoms with Crippen LogP contribution in [0.15, 0.2) is 24.3 Å². The van der Waals surface area contributed by atoms with Gasteiger partial charge in [-0.2, -0.15) is 0 Å². The molecule has 0 spiro atoms. The highest BCUT2D eigenvalue weighted by molar-refractivity contribution is 5.57. The second-order valence-electron chi connectivity index (χ2n) is 5.00. The summed E-state index contributed by atoms with van der Waals surface area (Å²) < 4.78 is 5.19. The highest BCUT2D eigenvalue weighted by atomic mass is 16.5. The van der Waals surface area contributed by atoms with Crippen molar-refractivity contribution < 1.29 is 4.74 Å². The van der Waals surface area contributed by atoms with Crippen LogP contribution in [0.3, 0.4) is 0 Å². The average molecular weight is 269 g/mol. The number of nitrogens with one attached hydrogen (secondary N) is 1. The van der Waals surface area contributed by atoms with Crippen LogP contribution in [-0.4, -0.2) is 17.1 Å². The summed E-state index contributed by atoms with van der Waals surface area (Å²) in [6.45, 7) is 3.93. The SMILES string of the molecule is CCCc1nc(-c2ccc(OC)cc2)nc2c1CNC2. The van der Waals surface area contributed by atoms with Gasteiger partial charge in [0.25, 0.3) is 0 Å². The smallest absolute Gasteiger partial charge is 0.159 e. The van der Waals surface area contributed by atoms with E-state index in [0.29, 0.717) is 0 Å². The van der Waals surface area contributed by atoms with E-state index in [4.69, 9.17) is 14.7 Å². The van der Waals surface area contributed by atoms with Crippen molar-refractivity contribution in [2.45, 2.75) is 32.9 Å². The molecule has 1 aromatic carbocycles. The lowest BCUT2D eigenvalue weighted by molar-refractivity contribution is 0.415. The van der Waals surface area contributed by atoms with Gasteiger partial charge in [-0.15, -0.1) is 0 Å². The molecule has 0 amide bonds. The van der Waals surface area contributed by atoms with E-state index in [-0.39, 0.29) is 0 Å². The van der Waals surface area contributed by atoms with E-state index >= 15 is 0 Å². The van der Waals surface area contributed by atoms with Gasteiger partial charge in [0, 0.05) is 29.9 Å². The lowest BCUT2D eigenvalue weighted by atomic mass is 10.1. The summed E-state index contributed by atoms with van der Waals surface area (Å²) in [7, 11) is 1.67. The molecule has 20 heavy (non-hydrogen) atoms. The summed E-state index contributed by atoms with van der Waals surface area (Å²) >= 11 is 0. The second-order valence-corrected chi connectivity index (χ2v) is 5.00. The minimum atomic E-state index is 0.818. The van der Waals surface area contributed by atoms with E-state index in [1.54, 1.807) is 7.11 Å². The topological polar surface area (TPSA) is 47.0 Å². The molecule has 0 saturated heterocycles. The van der Waals surface area contributed by atoms with Crippen molar-refractivity contribution in [2.75, 3.05) is 7.11 Å². The van der Waals surface area contributed by atoms with Crippen molar-refractivity contribution in [1.82, 2.24) is 15.3 Å². The molecule has 0 radical (unpaired) electrons. The maximum atomic E-state index is 5.19. The zero-order valence-electron chi connectivity index (χ0n) is 11.9. The van der Waals surface area contributed by atoms with Crippen molar-refractivity contribution in [3.8, 4) is 17.1 Å². The van der Waals surface area contributed by atoms with Crippen LogP contribution in [0.2, 0.25) is 0 Å². The Balaban J connectivity index is 2.02. The van der Waals surface area contributed by atoms with E-state index in [2.05, 4.69) is 12.2 Å². The molecule has 3 rings (SSSR count). The molecular weight excluding hydrogens is 250 g/mol. The van der Waals surface area contributed by atoms with Gasteiger partial charge in [-0.05, 0) is 30.7 Å². The number of hydrogen-bond acceptors (Lipinski definition) is 4. The zero-order chi connectivity index (χ0) is 13.9. The van der Waals surface area contributed by atoms with Crippen LogP contribution in [0.4, 0.5) is 0 Å². The minimum absolute atomic E-state index is 0.818. The molecule has 104 valence electrons. The maximum absolute atomic E-state index is 5.19. The number of hydrogen-bond donors (Lipinski definition) is 1. The Kier molecular flexibility index (Phi) is 3.65. The van der Waals surface area contributed by atoms with Crippen molar-refractivity contribution in [3.63, 3.8) is 0 Å². The van der Waals surface area contributed by atoms with Gasteiger partial charge in [0.15, 0.2) is 5.82 Å². The summed E-state index contributed by atoms with van der Waals surface area (Å²) in [4.78, 5) is 9.48. The number of ether oxygens (including phenoxy) is 1. The average Bonchev–Trinajstić information content (AvgIpc) is 2.96. The molecule has 0 bridgehead atoms. The summed E-state index contributed by atoms with van der Waals surface area (Å²) in [6.07, 6.45) is 2.11. The summed E-state index contributed by atoms with van der Waals surface area (Å²) in [5.41, 5.74) is 4.67. The van der Waals surface area contributed by atoms with Crippen LogP contribution < -0.4 is 10.1 Å². The molecule has 0 fully saturated rings. The van der Waals surface area contributed by atoms with Gasteiger partial charge < -0.3 is 10.1 Å². The van der Waals surface area contributed by atoms with Crippen LogP contribution in [0.25, 0.3) is 11.4 Å². The maximum Gasteiger partial charge on any atom is 0.159 e. The van der Waals surface area contributed by atoms with E-state index in [0.717, 1.165) is 48.8 Å². The lowest BCUT2D eigenvalue weighted by Crippen LogP contribution is -2.03. The second kappa shape index (κ2) is 5.59. The number of aryl methyl sites for hydroxylation is 1. The van der Waals surface area contributed by atoms with Gasteiger partial charge in [0.1, 0.15) is 5.75 Å². The van der Waals surface area contributed by atoms with Crippen LogP contribution in [0, 0.1) is 0 Å². The molecule has 1 N–H and O–H groups in total. The molecule has 0 unspecified atom stereocenters. The molecule has 0 atom stereocenters. The molecule has 1 aliphatic heterocycles. The van der Waals surface area contributed by atoms with Crippen LogP contribution in [-0.2, 0) is 19.5 Å². The molecule has 4 heteroatoms. The summed E-state index contributed by atoms with van der Waals surface area (Å²) in [6, 6.07) is 7.92. The monoisotopic (exact) mass is 269 g/mol. The fourth-order valence-electron chi connectivity index (χ4n) is 2.55. The van der Waals surface area contributed by atoms with Gasteiger partial charge >= 0.3 is 0 Å². The molecule has 1 aliphatic rings. The molecule has 0 aliphatic carbocycles. The summed E-state index contributed by atoms with van der Waals surface area (Å²) in [5.74, 6) is 1.67. The van der Waals surface area contributed by atoms with E-state index in [1.165, 1.54) is 11.3 Å². The van der Waals surface area contributed by atoms with Gasteiger partial charge in [-0.3, -0.25) is 0 Å². The van der Waals surface area contributed by atoms with Gasteiger partial charge in [0.2, 0.25) is 0 Å². The van der Waals surface area contributed by atoms with Crippen LogP contribution >= 0.6 is 0 Å². The molecular formula is C16H19N3O. The molecule has 2 aromatic rings. The number of methoxy groups -OCH3 is 1. The lowest BCUT2D eigenvalue weighted by Gasteiger charge is -2.09. The highest BCUT2D eigenvalue weighted by Gasteiger charge is 2.18. The molecule has 1 aromatic heterocycles. The number of benzene rings is 1. The number of aromatic nitrogens is 2. The third kappa shape index (κ3) is 2.39. The predicted molar refractivity (Wildman–Crippen MR) is 78.6 cm³/mol. The van der Waals surface area contributed by atoms with E-state index in [9.17, 15) is 0 Å². The first kappa shape index (κ1) is 13.1. The Hall–Kier alpha value is -1.94. The third-order valence-corrected chi connectivity index (χ3v) is 3.61. The van der Waals surface area contributed by atoms with Crippen molar-refractivity contribution in [3.05, 3.63) is 41.2 Å². The first-order valence-electron chi connectivity index (χ1n) is 7.05. The number of rotatable bonds is 4. The Morgan fingerprint density at radius 2 is 1.95 bits per heavy atom. The van der Waals surface area contributed by atoms with Gasteiger partial charge in [-0.25, -0.2) is 9.97 Å². The Bertz CT molecular complexity index is 608. The normalized spacial score (nSPS) is 13.3. The number of fused-ring (bicyclic) bond motifs is 1. The van der Waals surface area contributed by atoms with E-state index in [1.807, 2.05) is 24.3 Å². The quantitative estimate of drug-likeness (QED) is 0.927. The van der Waals surface area contributed by atoms with Gasteiger partial charge in [-0.1, -0.05) is 13.3 Å². The largest absolute Gasteiger partial charge is 0.497 e. The highest BCUT2D eigenvalue weighted by Crippen LogP contribution is 2.24. The van der Waals surface area contributed by atoms with Gasteiger partial charge in [0.05, 0.1) is 12.8 Å². The van der Waals surface area contributed by atoms with E-state index < -0.39 is 0 Å². The Morgan fingerprint density at radius 1 is 1.15 bits per heavy atom. The standard InChI is InChI=1S/C16H19N3O/c1-3-4-14-13-9-17-10-15(13)19-16(18-14)11-5-7-12(20-2)8-6-11/h5-8,17H,3-4,9-10H2,1-2H3. The Morgan fingerprint density at radius 3 is 2.65 bits per heavy atom. The van der Waals surface area contributed by atoms with Crippen LogP contribution in [0.5, 0.6) is 5.75 Å². The van der Waals surface area contributed by atoms with Crippen molar-refractivity contribution in [2.24, 2.45) is 0 Å². The predicted octanol–water partition coefficient (Wildman–Crippen LogP) is 2.71. The van der Waals surface area contributed by atoms with Crippen LogP contribution in [0.1, 0.15) is 30.3 Å². The summed E-state index contributed by atoms with van der Waals surface area (Å²) in [5, 5.41) is 3.36. The first-order chi connectivity index (χ1) is 9.81. The Labute approximate surface area is 119 Å². The van der Waals surface area contributed by atoms with Crippen molar-refractivity contribution in [1.29, 1.82) is 0 Å². The molecule has 0 saturated carbocycles. The van der Waals surface area contributed by atoms with Crippen molar-refractivity contribution >= 4 is 0 Å². The molecule has 2 heterocycles. The number of nitrogens with zero attached hydrogens (tertiary/aromatic N) is 2. The fourth-order valence-corrected chi connectivity index (χ4v) is 2.55. The first-order valence-corrected chi connectivity index (χ1v) is 7.05. The minimum Gasteiger partial charge on any atom is -0.497 e. The zero-order valence-corrected chi connectivity index (χ0v) is 11.9.